The number of nitro benzene ring substituents is 1. The summed E-state index contributed by atoms with van der Waals surface area (Å²) in [5.74, 6) is 1.60. The van der Waals surface area contributed by atoms with Gasteiger partial charge in [0.15, 0.2) is 4.34 Å². The van der Waals surface area contributed by atoms with Crippen LogP contribution in [-0.4, -0.2) is 39.6 Å². The smallest absolute Gasteiger partial charge is 0.270 e. The standard InChI is InChI=1S/C16H19N3O3S2/c1-10-5-11(2)8-18(7-10)15(20)9-23-16-17-13-4-3-12(19(21)22)6-14(13)24-16/h3-4,6,10-11H,5,7-9H2,1-2H3/t10-,11+. The molecular formula is C16H19N3O3S2. The van der Waals surface area contributed by atoms with Crippen molar-refractivity contribution in [1.29, 1.82) is 0 Å². The molecule has 1 aromatic heterocycles. The molecule has 1 fully saturated rings. The van der Waals surface area contributed by atoms with Crippen LogP contribution in [0.5, 0.6) is 0 Å². The Morgan fingerprint density at radius 1 is 1.42 bits per heavy atom. The number of thioether (sulfide) groups is 1. The molecule has 1 saturated heterocycles. The Morgan fingerprint density at radius 2 is 2.12 bits per heavy atom. The summed E-state index contributed by atoms with van der Waals surface area (Å²) in [5, 5.41) is 10.8. The molecule has 3 rings (SSSR count). The number of hydrogen-bond acceptors (Lipinski definition) is 6. The first-order chi connectivity index (χ1) is 11.4. The number of non-ortho nitro benzene ring substituents is 1. The minimum atomic E-state index is -0.409. The van der Waals surface area contributed by atoms with Gasteiger partial charge in [0.1, 0.15) is 0 Å². The number of likely N-dealkylation sites (tertiary alicyclic amines) is 1. The molecule has 0 spiro atoms. The first kappa shape index (κ1) is 17.2. The maximum absolute atomic E-state index is 12.4. The van der Waals surface area contributed by atoms with Crippen LogP contribution in [0.1, 0.15) is 20.3 Å². The topological polar surface area (TPSA) is 76.3 Å². The molecule has 2 aromatic rings. The van der Waals surface area contributed by atoms with Crippen LogP contribution in [0.25, 0.3) is 10.2 Å². The van der Waals surface area contributed by atoms with Gasteiger partial charge in [-0.15, -0.1) is 11.3 Å². The summed E-state index contributed by atoms with van der Waals surface area (Å²) in [6, 6.07) is 4.65. The monoisotopic (exact) mass is 365 g/mol. The summed E-state index contributed by atoms with van der Waals surface area (Å²) in [6.07, 6.45) is 1.17. The Bertz CT molecular complexity index is 767. The van der Waals surface area contributed by atoms with Gasteiger partial charge in [-0.25, -0.2) is 4.98 Å². The summed E-state index contributed by atoms with van der Waals surface area (Å²) >= 11 is 2.81. The largest absolute Gasteiger partial charge is 0.341 e. The SMILES string of the molecule is C[C@@H]1C[C@H](C)CN(C(=O)CSc2nc3ccc([N+](=O)[O-])cc3s2)C1. The van der Waals surface area contributed by atoms with Gasteiger partial charge >= 0.3 is 0 Å². The molecule has 24 heavy (non-hydrogen) atoms. The molecule has 2 atom stereocenters. The maximum atomic E-state index is 12.4. The van der Waals surface area contributed by atoms with Crippen molar-refractivity contribution >= 4 is 44.9 Å². The molecule has 0 radical (unpaired) electrons. The lowest BCUT2D eigenvalue weighted by atomic mass is 9.92. The van der Waals surface area contributed by atoms with Crippen LogP contribution in [0, 0.1) is 22.0 Å². The van der Waals surface area contributed by atoms with E-state index in [1.54, 1.807) is 6.07 Å². The second-order valence-electron chi connectivity index (χ2n) is 6.42. The van der Waals surface area contributed by atoms with Crippen molar-refractivity contribution in [2.75, 3.05) is 18.8 Å². The zero-order valence-electron chi connectivity index (χ0n) is 13.6. The highest BCUT2D eigenvalue weighted by Gasteiger charge is 2.25. The Kier molecular flexibility index (Phi) is 5.05. The third kappa shape index (κ3) is 3.87. The molecule has 1 aliphatic heterocycles. The molecule has 128 valence electrons. The third-order valence-electron chi connectivity index (χ3n) is 4.10. The van der Waals surface area contributed by atoms with Crippen LogP contribution in [0.2, 0.25) is 0 Å². The Hall–Kier alpha value is -1.67. The zero-order chi connectivity index (χ0) is 17.3. The van der Waals surface area contributed by atoms with Gasteiger partial charge in [-0.1, -0.05) is 25.6 Å². The lowest BCUT2D eigenvalue weighted by Gasteiger charge is -2.34. The van der Waals surface area contributed by atoms with Crippen LogP contribution in [-0.2, 0) is 4.79 Å². The molecule has 8 heteroatoms. The summed E-state index contributed by atoms with van der Waals surface area (Å²) in [5.41, 5.74) is 0.802. The normalized spacial score (nSPS) is 21.2. The zero-order valence-corrected chi connectivity index (χ0v) is 15.2. The van der Waals surface area contributed by atoms with Crippen molar-refractivity contribution in [3.8, 4) is 0 Å². The highest BCUT2D eigenvalue weighted by molar-refractivity contribution is 8.01. The van der Waals surface area contributed by atoms with E-state index in [0.29, 0.717) is 17.6 Å². The molecule has 2 heterocycles. The summed E-state index contributed by atoms with van der Waals surface area (Å²) in [6.45, 7) is 6.03. The van der Waals surface area contributed by atoms with Gasteiger partial charge in [0.25, 0.3) is 5.69 Å². The Morgan fingerprint density at radius 3 is 2.79 bits per heavy atom. The molecule has 1 aromatic carbocycles. The first-order valence-corrected chi connectivity index (χ1v) is 9.68. The molecule has 0 bridgehead atoms. The van der Waals surface area contributed by atoms with E-state index in [1.165, 1.54) is 41.7 Å². The lowest BCUT2D eigenvalue weighted by molar-refractivity contribution is -0.384. The van der Waals surface area contributed by atoms with Crippen LogP contribution in [0.4, 0.5) is 5.69 Å². The van der Waals surface area contributed by atoms with E-state index in [0.717, 1.165) is 27.6 Å². The number of thiazole rings is 1. The van der Waals surface area contributed by atoms with Crippen molar-refractivity contribution in [3.05, 3.63) is 28.3 Å². The lowest BCUT2D eigenvalue weighted by Crippen LogP contribution is -2.43. The second kappa shape index (κ2) is 7.06. The van der Waals surface area contributed by atoms with E-state index in [2.05, 4.69) is 18.8 Å². The van der Waals surface area contributed by atoms with Gasteiger partial charge in [0, 0.05) is 25.2 Å². The highest BCUT2D eigenvalue weighted by atomic mass is 32.2. The Labute approximate surface area is 148 Å². The number of aromatic nitrogens is 1. The molecule has 0 saturated carbocycles. The number of nitrogens with zero attached hydrogens (tertiary/aromatic N) is 3. The minimum absolute atomic E-state index is 0.0649. The van der Waals surface area contributed by atoms with Gasteiger partial charge < -0.3 is 4.90 Å². The van der Waals surface area contributed by atoms with Gasteiger partial charge in [0.05, 0.1) is 20.9 Å². The van der Waals surface area contributed by atoms with Crippen molar-refractivity contribution in [2.45, 2.75) is 24.6 Å². The van der Waals surface area contributed by atoms with E-state index >= 15 is 0 Å². The molecule has 6 nitrogen and oxygen atoms in total. The third-order valence-corrected chi connectivity index (χ3v) is 6.25. The quantitative estimate of drug-likeness (QED) is 0.468. The van der Waals surface area contributed by atoms with E-state index in [4.69, 9.17) is 0 Å². The average Bonchev–Trinajstić information content (AvgIpc) is 2.93. The molecule has 0 N–H and O–H groups in total. The van der Waals surface area contributed by atoms with Crippen LogP contribution in [0.3, 0.4) is 0 Å². The van der Waals surface area contributed by atoms with Crippen molar-refractivity contribution in [3.63, 3.8) is 0 Å². The predicted molar refractivity (Wildman–Crippen MR) is 96.5 cm³/mol. The number of hydrogen-bond donors (Lipinski definition) is 0. The van der Waals surface area contributed by atoms with Crippen LogP contribution >= 0.6 is 23.1 Å². The number of carbonyl (C=O) groups excluding carboxylic acids is 1. The second-order valence-corrected chi connectivity index (χ2v) is 8.68. The van der Waals surface area contributed by atoms with Gasteiger partial charge in [0.2, 0.25) is 5.91 Å². The molecular weight excluding hydrogens is 346 g/mol. The number of fused-ring (bicyclic) bond motifs is 1. The van der Waals surface area contributed by atoms with Crippen LogP contribution < -0.4 is 0 Å². The number of rotatable bonds is 4. The number of piperidine rings is 1. The van der Waals surface area contributed by atoms with E-state index in [1.807, 2.05) is 4.90 Å². The first-order valence-electron chi connectivity index (χ1n) is 7.88. The summed E-state index contributed by atoms with van der Waals surface area (Å²) < 4.78 is 1.55. The highest BCUT2D eigenvalue weighted by Crippen LogP contribution is 2.32. The molecule has 1 amide bonds. The fraction of sp³-hybridized carbons (Fsp3) is 0.500. The molecule has 0 aliphatic carbocycles. The minimum Gasteiger partial charge on any atom is -0.341 e. The van der Waals surface area contributed by atoms with E-state index in [-0.39, 0.29) is 11.6 Å². The number of nitro groups is 1. The van der Waals surface area contributed by atoms with Crippen molar-refractivity contribution in [2.24, 2.45) is 11.8 Å². The maximum Gasteiger partial charge on any atom is 0.270 e. The van der Waals surface area contributed by atoms with Crippen LogP contribution in [0.15, 0.2) is 22.5 Å². The number of amides is 1. The summed E-state index contributed by atoms with van der Waals surface area (Å²) in [7, 11) is 0. The van der Waals surface area contributed by atoms with E-state index in [9.17, 15) is 14.9 Å². The van der Waals surface area contributed by atoms with Gasteiger partial charge in [-0.05, 0) is 24.3 Å². The number of benzene rings is 1. The fourth-order valence-electron chi connectivity index (χ4n) is 3.15. The van der Waals surface area contributed by atoms with E-state index < -0.39 is 4.92 Å². The molecule has 0 unspecified atom stereocenters. The average molecular weight is 365 g/mol. The fourth-order valence-corrected chi connectivity index (χ4v) is 5.15. The van der Waals surface area contributed by atoms with Gasteiger partial charge in [-0.3, -0.25) is 14.9 Å². The summed E-state index contributed by atoms with van der Waals surface area (Å²) in [4.78, 5) is 29.2. The molecule has 1 aliphatic rings. The number of carbonyl (C=O) groups is 1. The predicted octanol–water partition coefficient (Wildman–Crippen LogP) is 3.80. The van der Waals surface area contributed by atoms with Crippen molar-refractivity contribution in [1.82, 2.24) is 9.88 Å². The Balaban J connectivity index is 1.64. The van der Waals surface area contributed by atoms with Crippen molar-refractivity contribution < 1.29 is 9.72 Å². The van der Waals surface area contributed by atoms with Gasteiger partial charge in [-0.2, -0.15) is 0 Å².